The fraction of sp³-hybridized carbons (Fsp3) is 0.727. The Bertz CT molecular complexity index is 539. The molecule has 0 aromatic carbocycles. The SMILES string of the molecule is Cc1nn(C)c(CNCC2CCCS2(=O)=O)c1Br. The number of nitrogens with one attached hydrogen (secondary N) is 1. The molecule has 0 radical (unpaired) electrons. The molecule has 1 aromatic rings. The maximum atomic E-state index is 11.7. The van der Waals surface area contributed by atoms with Gasteiger partial charge < -0.3 is 5.32 Å². The number of hydrogen-bond donors (Lipinski definition) is 1. The Morgan fingerprint density at radius 2 is 2.28 bits per heavy atom. The second-order valence-electron chi connectivity index (χ2n) is 4.73. The highest BCUT2D eigenvalue weighted by Gasteiger charge is 2.30. The Balaban J connectivity index is 1.93. The molecule has 1 aliphatic heterocycles. The smallest absolute Gasteiger partial charge is 0.154 e. The summed E-state index contributed by atoms with van der Waals surface area (Å²) in [6.45, 7) is 3.10. The van der Waals surface area contributed by atoms with Gasteiger partial charge in [-0.05, 0) is 35.7 Å². The highest BCUT2D eigenvalue weighted by Crippen LogP contribution is 2.21. The standard InChI is InChI=1S/C11H18BrN3O2S/c1-8-11(12)10(15(2)14-8)7-13-6-9-4-3-5-18(9,16)17/h9,13H,3-7H2,1-2H3. The second kappa shape index (κ2) is 5.30. The maximum absolute atomic E-state index is 11.7. The summed E-state index contributed by atoms with van der Waals surface area (Å²) in [5.41, 5.74) is 1.99. The van der Waals surface area contributed by atoms with Crippen LogP contribution in [0.15, 0.2) is 4.47 Å². The van der Waals surface area contributed by atoms with Crippen LogP contribution in [0.2, 0.25) is 0 Å². The molecule has 1 saturated heterocycles. The van der Waals surface area contributed by atoms with E-state index in [4.69, 9.17) is 0 Å². The van der Waals surface area contributed by atoms with Crippen LogP contribution < -0.4 is 5.32 Å². The molecule has 0 bridgehead atoms. The van der Waals surface area contributed by atoms with Crippen molar-refractivity contribution in [3.8, 4) is 0 Å². The first-order valence-electron chi connectivity index (χ1n) is 6.02. The Labute approximate surface area is 116 Å². The van der Waals surface area contributed by atoms with Gasteiger partial charge in [-0.1, -0.05) is 0 Å². The Kier molecular flexibility index (Phi) is 4.13. The van der Waals surface area contributed by atoms with Gasteiger partial charge in [0.25, 0.3) is 0 Å². The van der Waals surface area contributed by atoms with Crippen molar-refractivity contribution >= 4 is 25.8 Å². The van der Waals surface area contributed by atoms with Crippen LogP contribution >= 0.6 is 15.9 Å². The summed E-state index contributed by atoms with van der Waals surface area (Å²) in [5.74, 6) is 0.341. The van der Waals surface area contributed by atoms with Crippen LogP contribution in [0.4, 0.5) is 0 Å². The molecule has 0 amide bonds. The minimum absolute atomic E-state index is 0.217. The van der Waals surface area contributed by atoms with Gasteiger partial charge >= 0.3 is 0 Å². The fourth-order valence-corrected chi connectivity index (χ4v) is 4.59. The van der Waals surface area contributed by atoms with Gasteiger partial charge in [0, 0.05) is 20.1 Å². The first-order valence-corrected chi connectivity index (χ1v) is 8.53. The normalized spacial score (nSPS) is 22.5. The van der Waals surface area contributed by atoms with Crippen molar-refractivity contribution in [2.24, 2.45) is 7.05 Å². The van der Waals surface area contributed by atoms with Crippen LogP contribution in [0.3, 0.4) is 0 Å². The summed E-state index contributed by atoms with van der Waals surface area (Å²) >= 11 is 3.50. The third-order valence-corrected chi connectivity index (χ3v) is 6.70. The predicted molar refractivity (Wildman–Crippen MR) is 74.2 cm³/mol. The van der Waals surface area contributed by atoms with Gasteiger partial charge in [0.15, 0.2) is 9.84 Å². The summed E-state index contributed by atoms with van der Waals surface area (Å²) in [6, 6.07) is 0. The molecule has 1 aromatic heterocycles. The molecule has 0 aliphatic carbocycles. The average Bonchev–Trinajstić information content (AvgIpc) is 2.73. The van der Waals surface area contributed by atoms with Crippen molar-refractivity contribution in [2.75, 3.05) is 12.3 Å². The van der Waals surface area contributed by atoms with Gasteiger partial charge in [-0.15, -0.1) is 0 Å². The lowest BCUT2D eigenvalue weighted by Gasteiger charge is -2.11. The molecule has 2 rings (SSSR count). The van der Waals surface area contributed by atoms with Crippen LogP contribution in [0.25, 0.3) is 0 Å². The molecule has 1 unspecified atom stereocenters. The second-order valence-corrected chi connectivity index (χ2v) is 7.93. The van der Waals surface area contributed by atoms with Crippen molar-refractivity contribution < 1.29 is 8.42 Å². The predicted octanol–water partition coefficient (Wildman–Crippen LogP) is 1.16. The Hall–Kier alpha value is -0.400. The molecule has 1 fully saturated rings. The lowest BCUT2D eigenvalue weighted by atomic mass is 10.2. The molecule has 0 spiro atoms. The van der Waals surface area contributed by atoms with Crippen LogP contribution in [0.1, 0.15) is 24.2 Å². The van der Waals surface area contributed by atoms with Crippen LogP contribution in [-0.4, -0.2) is 35.7 Å². The lowest BCUT2D eigenvalue weighted by molar-refractivity contribution is 0.565. The van der Waals surface area contributed by atoms with Gasteiger partial charge in [-0.2, -0.15) is 5.10 Å². The maximum Gasteiger partial charge on any atom is 0.154 e. The van der Waals surface area contributed by atoms with Gasteiger partial charge in [0.2, 0.25) is 0 Å². The average molecular weight is 336 g/mol. The van der Waals surface area contributed by atoms with E-state index in [1.165, 1.54) is 0 Å². The lowest BCUT2D eigenvalue weighted by Crippen LogP contribution is -2.30. The van der Waals surface area contributed by atoms with Crippen LogP contribution in [-0.2, 0) is 23.4 Å². The molecule has 7 heteroatoms. The number of hydrogen-bond acceptors (Lipinski definition) is 4. The number of aryl methyl sites for hydroxylation is 2. The molecule has 1 aliphatic rings. The molecular formula is C11H18BrN3O2S. The van der Waals surface area contributed by atoms with Crippen LogP contribution in [0, 0.1) is 6.92 Å². The zero-order valence-corrected chi connectivity index (χ0v) is 13.0. The van der Waals surface area contributed by atoms with E-state index in [9.17, 15) is 8.42 Å². The highest BCUT2D eigenvalue weighted by molar-refractivity contribution is 9.10. The monoisotopic (exact) mass is 335 g/mol. The van der Waals surface area contributed by atoms with Crippen molar-refractivity contribution in [2.45, 2.75) is 31.6 Å². The highest BCUT2D eigenvalue weighted by atomic mass is 79.9. The Morgan fingerprint density at radius 1 is 1.56 bits per heavy atom. The van der Waals surface area contributed by atoms with Gasteiger partial charge in [0.1, 0.15) is 0 Å². The van der Waals surface area contributed by atoms with Crippen molar-refractivity contribution in [1.29, 1.82) is 0 Å². The third-order valence-electron chi connectivity index (χ3n) is 3.39. The topological polar surface area (TPSA) is 64.0 Å². The minimum atomic E-state index is -2.85. The van der Waals surface area contributed by atoms with E-state index in [2.05, 4.69) is 26.3 Å². The van der Waals surface area contributed by atoms with E-state index in [1.807, 2.05) is 18.7 Å². The summed E-state index contributed by atoms with van der Waals surface area (Å²) in [4.78, 5) is 0. The molecule has 18 heavy (non-hydrogen) atoms. The van der Waals surface area contributed by atoms with Crippen molar-refractivity contribution in [1.82, 2.24) is 15.1 Å². The summed E-state index contributed by atoms with van der Waals surface area (Å²) in [7, 11) is -0.963. The minimum Gasteiger partial charge on any atom is -0.310 e. The van der Waals surface area contributed by atoms with E-state index < -0.39 is 9.84 Å². The molecule has 2 heterocycles. The van der Waals surface area contributed by atoms with E-state index in [-0.39, 0.29) is 5.25 Å². The van der Waals surface area contributed by atoms with E-state index in [1.54, 1.807) is 0 Å². The van der Waals surface area contributed by atoms with E-state index >= 15 is 0 Å². The fourth-order valence-electron chi connectivity index (χ4n) is 2.31. The summed E-state index contributed by atoms with van der Waals surface area (Å²) in [5, 5.41) is 7.31. The van der Waals surface area contributed by atoms with Gasteiger partial charge in [-0.25, -0.2) is 8.42 Å². The number of nitrogens with zero attached hydrogens (tertiary/aromatic N) is 2. The summed E-state index contributed by atoms with van der Waals surface area (Å²) < 4.78 is 26.2. The third kappa shape index (κ3) is 2.78. The van der Waals surface area contributed by atoms with Gasteiger partial charge in [0.05, 0.1) is 26.9 Å². The zero-order valence-electron chi connectivity index (χ0n) is 10.6. The van der Waals surface area contributed by atoms with Crippen LogP contribution in [0.5, 0.6) is 0 Å². The van der Waals surface area contributed by atoms with E-state index in [0.29, 0.717) is 18.8 Å². The zero-order chi connectivity index (χ0) is 13.3. The van der Waals surface area contributed by atoms with E-state index in [0.717, 1.165) is 28.7 Å². The first kappa shape index (κ1) is 14.0. The number of aromatic nitrogens is 2. The molecular weight excluding hydrogens is 318 g/mol. The molecule has 0 saturated carbocycles. The largest absolute Gasteiger partial charge is 0.310 e. The Morgan fingerprint density at radius 3 is 2.78 bits per heavy atom. The number of halogens is 1. The summed E-state index contributed by atoms with van der Waals surface area (Å²) in [6.07, 6.45) is 1.57. The molecule has 102 valence electrons. The molecule has 1 N–H and O–H groups in total. The number of rotatable bonds is 4. The van der Waals surface area contributed by atoms with Crippen molar-refractivity contribution in [3.63, 3.8) is 0 Å². The van der Waals surface area contributed by atoms with Crippen molar-refractivity contribution in [3.05, 3.63) is 15.9 Å². The molecule has 1 atom stereocenters. The number of sulfone groups is 1. The quantitative estimate of drug-likeness (QED) is 0.896. The van der Waals surface area contributed by atoms with Gasteiger partial charge in [-0.3, -0.25) is 4.68 Å². The molecule has 5 nitrogen and oxygen atoms in total. The first-order chi connectivity index (χ1) is 8.42.